The van der Waals surface area contributed by atoms with E-state index in [0.29, 0.717) is 51.3 Å². The van der Waals surface area contributed by atoms with Gasteiger partial charge in [-0.1, -0.05) is 13.8 Å². The number of nitrogens with zero attached hydrogens (tertiary/aromatic N) is 1. The maximum absolute atomic E-state index is 13.6. The lowest BCUT2D eigenvalue weighted by molar-refractivity contribution is 0.0179. The van der Waals surface area contributed by atoms with Gasteiger partial charge in [-0.15, -0.1) is 0 Å². The normalized spacial score (nSPS) is 27.8. The van der Waals surface area contributed by atoms with E-state index >= 15 is 0 Å². The highest BCUT2D eigenvalue weighted by atomic mass is 16.6. The fourth-order valence-electron chi connectivity index (χ4n) is 5.43. The molecule has 4 rings (SSSR count). The summed E-state index contributed by atoms with van der Waals surface area (Å²) >= 11 is 0. The minimum Gasteiger partial charge on any atom is -0.491 e. The molecule has 3 atom stereocenters. The molecule has 1 saturated carbocycles. The van der Waals surface area contributed by atoms with E-state index < -0.39 is 0 Å². The average molecular weight is 446 g/mol. The van der Waals surface area contributed by atoms with Gasteiger partial charge in [-0.2, -0.15) is 0 Å². The number of carbonyl (C=O) groups excluding carboxylic acids is 1. The average Bonchev–Trinajstić information content (AvgIpc) is 3.61. The maximum atomic E-state index is 13.6. The smallest absolute Gasteiger partial charge is 0.180 e. The number of methoxy groups -OCH3 is 1. The van der Waals surface area contributed by atoms with Gasteiger partial charge in [-0.3, -0.25) is 9.69 Å². The zero-order valence-corrected chi connectivity index (χ0v) is 19.9. The van der Waals surface area contributed by atoms with Crippen LogP contribution in [0.4, 0.5) is 0 Å². The molecule has 1 aromatic rings. The fraction of sp³-hybridized carbons (Fsp3) is 0.731. The van der Waals surface area contributed by atoms with Crippen LogP contribution in [0.2, 0.25) is 0 Å². The summed E-state index contributed by atoms with van der Waals surface area (Å²) in [4.78, 5) is 16.1. The Morgan fingerprint density at radius 1 is 1.06 bits per heavy atom. The SMILES string of the molecule is COCCOCCOCCOc1ccc2c(c1)[C@@]1(C)CCCN(CC3CC3)[C@H](C2=O)[C@@H]1C. The van der Waals surface area contributed by atoms with Crippen LogP contribution in [0.25, 0.3) is 0 Å². The van der Waals surface area contributed by atoms with Crippen LogP contribution in [0.3, 0.4) is 0 Å². The van der Waals surface area contributed by atoms with E-state index in [-0.39, 0.29) is 11.5 Å². The topological polar surface area (TPSA) is 57.2 Å². The van der Waals surface area contributed by atoms with Gasteiger partial charge in [0.1, 0.15) is 12.4 Å². The van der Waals surface area contributed by atoms with E-state index in [0.717, 1.165) is 43.2 Å². The van der Waals surface area contributed by atoms with Gasteiger partial charge in [0, 0.05) is 19.2 Å². The van der Waals surface area contributed by atoms with Crippen LogP contribution >= 0.6 is 0 Å². The van der Waals surface area contributed by atoms with Crippen molar-refractivity contribution in [3.05, 3.63) is 29.3 Å². The van der Waals surface area contributed by atoms with Crippen molar-refractivity contribution in [2.45, 2.75) is 51.0 Å². The van der Waals surface area contributed by atoms with Crippen molar-refractivity contribution in [3.8, 4) is 5.75 Å². The predicted octanol–water partition coefficient (Wildman–Crippen LogP) is 3.71. The molecule has 0 unspecified atom stereocenters. The molecule has 1 aromatic carbocycles. The second-order valence-corrected chi connectivity index (χ2v) is 9.83. The zero-order valence-electron chi connectivity index (χ0n) is 19.9. The lowest BCUT2D eigenvalue weighted by Gasteiger charge is -2.46. The predicted molar refractivity (Wildman–Crippen MR) is 124 cm³/mol. The van der Waals surface area contributed by atoms with Gasteiger partial charge < -0.3 is 18.9 Å². The van der Waals surface area contributed by atoms with E-state index in [4.69, 9.17) is 18.9 Å². The number of ketones is 1. The highest BCUT2D eigenvalue weighted by Crippen LogP contribution is 2.49. The first kappa shape index (κ1) is 23.7. The van der Waals surface area contributed by atoms with Crippen molar-refractivity contribution in [2.24, 2.45) is 11.8 Å². The van der Waals surface area contributed by atoms with E-state index in [1.165, 1.54) is 18.4 Å². The third-order valence-corrected chi connectivity index (χ3v) is 7.64. The summed E-state index contributed by atoms with van der Waals surface area (Å²) in [6.45, 7) is 10.0. The summed E-state index contributed by atoms with van der Waals surface area (Å²) < 4.78 is 21.9. The minimum atomic E-state index is 0.00161. The Kier molecular flexibility index (Phi) is 7.87. The number of hydrogen-bond acceptors (Lipinski definition) is 6. The molecule has 0 aromatic heterocycles. The molecule has 6 heteroatoms. The van der Waals surface area contributed by atoms with Crippen molar-refractivity contribution < 1.29 is 23.7 Å². The minimum absolute atomic E-state index is 0.00161. The van der Waals surface area contributed by atoms with E-state index in [1.54, 1.807) is 7.11 Å². The van der Waals surface area contributed by atoms with Crippen LogP contribution in [0, 0.1) is 11.8 Å². The van der Waals surface area contributed by atoms with Crippen LogP contribution < -0.4 is 4.74 Å². The molecule has 3 aliphatic rings. The first-order valence-corrected chi connectivity index (χ1v) is 12.2. The number of carbonyl (C=O) groups is 1. The monoisotopic (exact) mass is 445 g/mol. The third kappa shape index (κ3) is 5.19. The number of rotatable bonds is 12. The van der Waals surface area contributed by atoms with Crippen molar-refractivity contribution in [1.29, 1.82) is 0 Å². The zero-order chi connectivity index (χ0) is 22.6. The van der Waals surface area contributed by atoms with Gasteiger partial charge >= 0.3 is 0 Å². The molecule has 0 amide bonds. The lowest BCUT2D eigenvalue weighted by atomic mass is 9.61. The highest BCUT2D eigenvalue weighted by molar-refractivity contribution is 6.03. The van der Waals surface area contributed by atoms with Crippen LogP contribution in [0.5, 0.6) is 5.75 Å². The number of benzene rings is 1. The van der Waals surface area contributed by atoms with Gasteiger partial charge in [0.25, 0.3) is 0 Å². The molecular formula is C26H39NO5. The van der Waals surface area contributed by atoms with E-state index in [1.807, 2.05) is 12.1 Å². The number of ether oxygens (including phenoxy) is 4. The molecule has 6 nitrogen and oxygen atoms in total. The van der Waals surface area contributed by atoms with Crippen molar-refractivity contribution in [3.63, 3.8) is 0 Å². The molecule has 2 bridgehead atoms. The maximum Gasteiger partial charge on any atom is 0.180 e. The number of likely N-dealkylation sites (tertiary alicyclic amines) is 1. The number of hydrogen-bond donors (Lipinski definition) is 0. The molecule has 1 saturated heterocycles. The summed E-state index contributed by atoms with van der Waals surface area (Å²) in [6.07, 6.45) is 4.90. The summed E-state index contributed by atoms with van der Waals surface area (Å²) in [6, 6.07) is 6.07. The summed E-state index contributed by atoms with van der Waals surface area (Å²) in [5.41, 5.74) is 2.07. The molecule has 2 aliphatic carbocycles. The third-order valence-electron chi connectivity index (χ3n) is 7.64. The molecule has 2 fully saturated rings. The van der Waals surface area contributed by atoms with Crippen LogP contribution in [0.1, 0.15) is 55.5 Å². The van der Waals surface area contributed by atoms with Crippen LogP contribution in [-0.2, 0) is 19.6 Å². The number of Topliss-reactive ketones (excluding diaryl/α,β-unsaturated/α-hetero) is 1. The lowest BCUT2D eigenvalue weighted by Crippen LogP contribution is -2.53. The van der Waals surface area contributed by atoms with Gasteiger partial charge in [0.2, 0.25) is 0 Å². The fourth-order valence-corrected chi connectivity index (χ4v) is 5.43. The molecule has 0 radical (unpaired) electrons. The standard InChI is InChI=1S/C26H39NO5/c1-19-24-25(28)22-8-7-21(32-16-15-31-14-13-30-12-11-29-3)17-23(22)26(19,2)9-4-10-27(24)18-20-5-6-20/h7-8,17,19-20,24H,4-6,9-16,18H2,1-3H3/t19-,24-,26-/m0/s1. The van der Waals surface area contributed by atoms with Gasteiger partial charge in [-0.05, 0) is 73.2 Å². The Labute approximate surface area is 192 Å². The van der Waals surface area contributed by atoms with E-state index in [9.17, 15) is 4.79 Å². The first-order valence-electron chi connectivity index (χ1n) is 12.2. The van der Waals surface area contributed by atoms with E-state index in [2.05, 4.69) is 24.8 Å². The highest BCUT2D eigenvalue weighted by Gasteiger charge is 2.51. The first-order chi connectivity index (χ1) is 15.5. The molecule has 178 valence electrons. The summed E-state index contributed by atoms with van der Waals surface area (Å²) in [7, 11) is 1.66. The summed E-state index contributed by atoms with van der Waals surface area (Å²) in [5, 5.41) is 0. The molecule has 1 aliphatic heterocycles. The Morgan fingerprint density at radius 2 is 1.78 bits per heavy atom. The van der Waals surface area contributed by atoms with Crippen molar-refractivity contribution >= 4 is 5.78 Å². The van der Waals surface area contributed by atoms with Gasteiger partial charge in [0.15, 0.2) is 5.78 Å². The van der Waals surface area contributed by atoms with Crippen LogP contribution in [-0.4, -0.2) is 76.6 Å². The summed E-state index contributed by atoms with van der Waals surface area (Å²) in [5.74, 6) is 2.23. The second kappa shape index (κ2) is 10.6. The Hall–Kier alpha value is -1.47. The van der Waals surface area contributed by atoms with Crippen molar-refractivity contribution in [2.75, 3.05) is 59.8 Å². The van der Waals surface area contributed by atoms with Gasteiger partial charge in [0.05, 0.1) is 39.1 Å². The second-order valence-electron chi connectivity index (χ2n) is 9.83. The van der Waals surface area contributed by atoms with Crippen molar-refractivity contribution in [1.82, 2.24) is 4.90 Å². The molecule has 0 spiro atoms. The van der Waals surface area contributed by atoms with Crippen LogP contribution in [0.15, 0.2) is 18.2 Å². The number of fused-ring (bicyclic) bond motifs is 4. The van der Waals surface area contributed by atoms with Gasteiger partial charge in [-0.25, -0.2) is 0 Å². The molecule has 1 heterocycles. The quantitative estimate of drug-likeness (QED) is 0.457. The molecular weight excluding hydrogens is 406 g/mol. The Balaban J connectivity index is 1.37. The Bertz CT molecular complexity index is 779. The largest absolute Gasteiger partial charge is 0.491 e. The molecule has 32 heavy (non-hydrogen) atoms. The molecule has 0 N–H and O–H groups in total. The Morgan fingerprint density at radius 3 is 2.50 bits per heavy atom.